The van der Waals surface area contributed by atoms with Gasteiger partial charge in [-0.25, -0.2) is 9.50 Å². The zero-order chi connectivity index (χ0) is 23.7. The maximum absolute atomic E-state index is 13.0. The van der Waals surface area contributed by atoms with E-state index in [1.165, 1.54) is 49.4 Å². The number of Topliss-reactive ketones (excluding diaryl/α,β-unsaturated/α-hetero) is 1. The molecule has 2 aromatic heterocycles. The van der Waals surface area contributed by atoms with Crippen LogP contribution in [0.25, 0.3) is 5.52 Å². The lowest BCUT2D eigenvalue weighted by molar-refractivity contribution is -0.128. The summed E-state index contributed by atoms with van der Waals surface area (Å²) in [6, 6.07) is 5.30. The van der Waals surface area contributed by atoms with Crippen LogP contribution in [0, 0.1) is 34.5 Å². The molecule has 9 nitrogen and oxygen atoms in total. The number of fused-ring (bicyclic) bond motifs is 1. The van der Waals surface area contributed by atoms with E-state index in [0.717, 1.165) is 17.8 Å². The summed E-state index contributed by atoms with van der Waals surface area (Å²) < 4.78 is 7.43. The third-order valence-electron chi connectivity index (χ3n) is 8.93. The van der Waals surface area contributed by atoms with Crippen LogP contribution in [-0.2, 0) is 15.1 Å². The van der Waals surface area contributed by atoms with Gasteiger partial charge in [0.15, 0.2) is 5.82 Å². The predicted octanol–water partition coefficient (Wildman–Crippen LogP) is 2.11. The lowest BCUT2D eigenvalue weighted by Gasteiger charge is -2.56. The van der Waals surface area contributed by atoms with E-state index in [1.807, 2.05) is 0 Å². The second-order valence-electron chi connectivity index (χ2n) is 11.3. The number of nitrogens with two attached hydrogens (primary N) is 1. The Morgan fingerprint density at radius 2 is 1.88 bits per heavy atom. The van der Waals surface area contributed by atoms with Crippen LogP contribution in [0.4, 0.5) is 5.82 Å². The fraction of sp³-hybridized carbons (Fsp3) is 0.680. The van der Waals surface area contributed by atoms with Crippen molar-refractivity contribution in [2.24, 2.45) is 23.2 Å². The molecule has 4 bridgehead atoms. The summed E-state index contributed by atoms with van der Waals surface area (Å²) in [5.74, 6) is 2.80. The molecule has 5 fully saturated rings. The molecule has 0 aromatic carbocycles. The van der Waals surface area contributed by atoms with E-state index in [1.54, 1.807) is 12.1 Å². The van der Waals surface area contributed by atoms with E-state index in [0.29, 0.717) is 11.9 Å². The first-order valence-electron chi connectivity index (χ1n) is 12.4. The van der Waals surface area contributed by atoms with Gasteiger partial charge < -0.3 is 20.7 Å². The minimum Gasteiger partial charge on any atom is -0.388 e. The molecule has 180 valence electrons. The van der Waals surface area contributed by atoms with Crippen LogP contribution in [0.1, 0.15) is 63.5 Å². The molecule has 0 amide bonds. The van der Waals surface area contributed by atoms with Crippen LogP contribution in [0.15, 0.2) is 18.5 Å². The molecule has 0 unspecified atom stereocenters. The molecule has 1 saturated heterocycles. The first-order chi connectivity index (χ1) is 16.3. The number of nitrogen functional groups attached to an aromatic ring is 1. The lowest BCUT2D eigenvalue weighted by Crippen LogP contribution is -2.46. The van der Waals surface area contributed by atoms with Crippen molar-refractivity contribution >= 4 is 17.1 Å². The molecular weight excluding hydrogens is 434 g/mol. The third-order valence-corrected chi connectivity index (χ3v) is 8.93. The Balaban J connectivity index is 1.16. The van der Waals surface area contributed by atoms with Crippen LogP contribution >= 0.6 is 0 Å². The van der Waals surface area contributed by atoms with Crippen LogP contribution in [0.5, 0.6) is 0 Å². The van der Waals surface area contributed by atoms with Gasteiger partial charge in [-0.3, -0.25) is 4.79 Å². The summed E-state index contributed by atoms with van der Waals surface area (Å²) in [6.07, 6.45) is 6.32. The summed E-state index contributed by atoms with van der Waals surface area (Å²) in [7, 11) is 0. The number of aliphatic hydroxyl groups excluding tert-OH is 2. The number of aliphatic hydroxyl groups is 2. The molecule has 0 radical (unpaired) electrons. The fourth-order valence-corrected chi connectivity index (χ4v) is 7.96. The molecule has 5 aliphatic rings. The number of anilines is 1. The Kier molecular flexibility index (Phi) is 5.00. The fourth-order valence-electron chi connectivity index (χ4n) is 7.96. The average Bonchev–Trinajstić information content (AvgIpc) is 3.33. The Hall–Kier alpha value is -2.54. The number of rotatable bonds is 6. The van der Waals surface area contributed by atoms with E-state index in [-0.39, 0.29) is 35.6 Å². The Labute approximate surface area is 197 Å². The molecule has 7 rings (SSSR count). The van der Waals surface area contributed by atoms with Gasteiger partial charge in [-0.1, -0.05) is 0 Å². The molecule has 3 heterocycles. The second kappa shape index (κ2) is 7.74. The Morgan fingerprint density at radius 3 is 2.53 bits per heavy atom. The van der Waals surface area contributed by atoms with Gasteiger partial charge in [-0.05, 0) is 80.2 Å². The smallest absolute Gasteiger partial charge is 0.225 e. The van der Waals surface area contributed by atoms with Crippen molar-refractivity contribution in [2.75, 3.05) is 5.73 Å². The molecule has 4 aliphatic carbocycles. The topological polar surface area (TPSA) is 147 Å². The first-order valence-corrected chi connectivity index (χ1v) is 12.4. The lowest BCUT2D eigenvalue weighted by atomic mass is 9.48. The maximum atomic E-state index is 13.0. The van der Waals surface area contributed by atoms with E-state index >= 15 is 0 Å². The van der Waals surface area contributed by atoms with Gasteiger partial charge in [-0.15, -0.1) is 0 Å². The van der Waals surface area contributed by atoms with E-state index in [4.69, 9.17) is 10.5 Å². The highest BCUT2D eigenvalue weighted by atomic mass is 16.6. The highest BCUT2D eigenvalue weighted by Crippen LogP contribution is 2.61. The average molecular weight is 466 g/mol. The maximum Gasteiger partial charge on any atom is 0.225 e. The number of nitriles is 1. The van der Waals surface area contributed by atoms with E-state index < -0.39 is 23.9 Å². The molecule has 2 aromatic rings. The Morgan fingerprint density at radius 1 is 1.21 bits per heavy atom. The summed E-state index contributed by atoms with van der Waals surface area (Å²) >= 11 is 0. The second-order valence-corrected chi connectivity index (χ2v) is 11.3. The van der Waals surface area contributed by atoms with Crippen LogP contribution < -0.4 is 5.73 Å². The highest BCUT2D eigenvalue weighted by molar-refractivity contribution is 5.79. The minimum atomic E-state index is -1.82. The van der Waals surface area contributed by atoms with Crippen LogP contribution in [0.3, 0.4) is 0 Å². The molecule has 4 saturated carbocycles. The largest absolute Gasteiger partial charge is 0.388 e. The van der Waals surface area contributed by atoms with E-state index in [2.05, 4.69) is 16.2 Å². The molecule has 4 atom stereocenters. The van der Waals surface area contributed by atoms with Gasteiger partial charge >= 0.3 is 0 Å². The molecular formula is C25H31N5O4. The third kappa shape index (κ3) is 3.27. The van der Waals surface area contributed by atoms with Gasteiger partial charge in [0.2, 0.25) is 5.60 Å². The van der Waals surface area contributed by atoms with Crippen molar-refractivity contribution in [1.29, 1.82) is 5.26 Å². The number of hydrogen-bond acceptors (Lipinski definition) is 8. The number of hydrogen-bond donors (Lipinski definition) is 3. The van der Waals surface area contributed by atoms with Crippen molar-refractivity contribution in [3.8, 4) is 6.07 Å². The normalized spacial score (nSPS) is 40.6. The van der Waals surface area contributed by atoms with Gasteiger partial charge in [-0.2, -0.15) is 10.4 Å². The van der Waals surface area contributed by atoms with Gasteiger partial charge in [0.25, 0.3) is 0 Å². The van der Waals surface area contributed by atoms with Gasteiger partial charge in [0, 0.05) is 12.8 Å². The number of ketones is 1. The van der Waals surface area contributed by atoms with Crippen molar-refractivity contribution in [3.05, 3.63) is 24.2 Å². The monoisotopic (exact) mass is 465 g/mol. The number of ether oxygens (including phenoxy) is 1. The molecule has 9 heteroatoms. The van der Waals surface area contributed by atoms with Gasteiger partial charge in [0.05, 0.1) is 11.8 Å². The van der Waals surface area contributed by atoms with Crippen molar-refractivity contribution in [1.82, 2.24) is 14.6 Å². The number of carbonyl (C=O) groups is 1. The van der Waals surface area contributed by atoms with Crippen molar-refractivity contribution in [3.63, 3.8) is 0 Å². The quantitative estimate of drug-likeness (QED) is 0.588. The van der Waals surface area contributed by atoms with Crippen LogP contribution in [0.2, 0.25) is 0 Å². The summed E-state index contributed by atoms with van der Waals surface area (Å²) in [4.78, 5) is 17.0. The van der Waals surface area contributed by atoms with Gasteiger partial charge in [0.1, 0.15) is 35.9 Å². The molecule has 4 N–H and O–H groups in total. The van der Waals surface area contributed by atoms with Crippen LogP contribution in [-0.4, -0.2) is 48.9 Å². The minimum absolute atomic E-state index is 0.168. The first kappa shape index (κ1) is 22.0. The number of nitrogens with zero attached hydrogens (tertiary/aromatic N) is 4. The highest BCUT2D eigenvalue weighted by Gasteiger charge is 2.57. The molecule has 34 heavy (non-hydrogen) atoms. The standard InChI is InChI=1S/C25H31N5O4/c26-12-25(20-4-2-18-23(27)28-13-29-30(18)20)22(33)21(32)19(34-25)3-1-17(31)11-24-8-14-5-15(9-24)7-16(6-14)10-24/h2,4,13-16,19,21-22,32-33H,1,3,5-11H2,(H2,27,28,29)/t14?,15?,16?,19-,21-,22-,24?,25+/m1/s1. The summed E-state index contributed by atoms with van der Waals surface area (Å²) in [5.41, 5.74) is 5.00. The zero-order valence-corrected chi connectivity index (χ0v) is 19.1. The number of carbonyl (C=O) groups excluding carboxylic acids is 1. The molecule has 1 aliphatic heterocycles. The van der Waals surface area contributed by atoms with E-state index in [9.17, 15) is 20.3 Å². The Bertz CT molecular complexity index is 1140. The van der Waals surface area contributed by atoms with Crippen molar-refractivity contribution < 1.29 is 19.7 Å². The predicted molar refractivity (Wildman–Crippen MR) is 121 cm³/mol. The summed E-state index contributed by atoms with van der Waals surface area (Å²) in [6.45, 7) is 0. The summed E-state index contributed by atoms with van der Waals surface area (Å²) in [5, 5.41) is 35.8. The molecule has 0 spiro atoms. The number of aromatic nitrogens is 3. The zero-order valence-electron chi connectivity index (χ0n) is 19.1. The SMILES string of the molecule is N#C[C@@]1(c2ccc3c(N)ncnn23)O[C@H](CCC(=O)CC23CC4CC(CC(C4)C2)C3)[C@@H](O)[C@H]1O. The van der Waals surface area contributed by atoms with Crippen molar-refractivity contribution in [2.45, 2.75) is 81.7 Å².